The number of carbonyl (C=O) groups excluding carboxylic acids is 1. The number of para-hydroxylation sites is 2. The zero-order chi connectivity index (χ0) is 18.2. The molecule has 1 N–H and O–H groups in total. The third-order valence-corrected chi connectivity index (χ3v) is 3.54. The Hall–Kier alpha value is -3.58. The predicted molar refractivity (Wildman–Crippen MR) is 98.6 cm³/mol. The van der Waals surface area contributed by atoms with Gasteiger partial charge in [-0.1, -0.05) is 54.3 Å². The normalized spacial score (nSPS) is 9.73. The fourth-order valence-electron chi connectivity index (χ4n) is 2.28. The third-order valence-electron chi connectivity index (χ3n) is 3.54. The van der Waals surface area contributed by atoms with Gasteiger partial charge >= 0.3 is 0 Å². The molecule has 3 rings (SSSR count). The molecule has 0 atom stereocenters. The van der Waals surface area contributed by atoms with E-state index in [2.05, 4.69) is 17.2 Å². The van der Waals surface area contributed by atoms with E-state index in [1.807, 2.05) is 30.3 Å². The first-order valence-corrected chi connectivity index (χ1v) is 8.07. The molecule has 0 bridgehead atoms. The molecule has 3 aromatic carbocycles. The van der Waals surface area contributed by atoms with Crippen LogP contribution in [0.15, 0.2) is 78.9 Å². The van der Waals surface area contributed by atoms with Gasteiger partial charge in [-0.3, -0.25) is 4.79 Å². The van der Waals surface area contributed by atoms with Gasteiger partial charge < -0.3 is 10.1 Å². The molecule has 0 radical (unpaired) electrons. The highest BCUT2D eigenvalue weighted by Gasteiger charge is 2.11. The van der Waals surface area contributed by atoms with Crippen LogP contribution in [0.5, 0.6) is 11.5 Å². The number of halogens is 1. The van der Waals surface area contributed by atoms with Crippen LogP contribution in [-0.2, 0) is 0 Å². The molecule has 0 aromatic heterocycles. The van der Waals surface area contributed by atoms with E-state index in [1.165, 1.54) is 6.07 Å². The highest BCUT2D eigenvalue weighted by atomic mass is 19.1. The predicted octanol–water partition coefficient (Wildman–Crippen LogP) is 4.40. The highest BCUT2D eigenvalue weighted by molar-refractivity contribution is 5.97. The van der Waals surface area contributed by atoms with Crippen LogP contribution in [0, 0.1) is 17.7 Å². The van der Waals surface area contributed by atoms with Crippen LogP contribution < -0.4 is 10.1 Å². The summed E-state index contributed by atoms with van der Waals surface area (Å²) in [6.45, 7) is 0.104. The molecule has 0 saturated heterocycles. The van der Waals surface area contributed by atoms with Crippen molar-refractivity contribution >= 4 is 5.91 Å². The molecule has 1 amide bonds. The van der Waals surface area contributed by atoms with Gasteiger partial charge in [0.15, 0.2) is 0 Å². The molecule has 0 aliphatic heterocycles. The summed E-state index contributed by atoms with van der Waals surface area (Å²) in [5.41, 5.74) is 0.707. The summed E-state index contributed by atoms with van der Waals surface area (Å²) >= 11 is 0. The van der Waals surface area contributed by atoms with E-state index in [1.54, 1.807) is 42.5 Å². The van der Waals surface area contributed by atoms with Crippen LogP contribution >= 0.6 is 0 Å². The Morgan fingerprint density at radius 1 is 0.923 bits per heavy atom. The monoisotopic (exact) mass is 345 g/mol. The molecule has 0 spiro atoms. The molecule has 0 unspecified atom stereocenters. The lowest BCUT2D eigenvalue weighted by Crippen LogP contribution is -2.24. The second-order valence-corrected chi connectivity index (χ2v) is 5.38. The molecule has 26 heavy (non-hydrogen) atoms. The average molecular weight is 345 g/mol. The third kappa shape index (κ3) is 4.49. The van der Waals surface area contributed by atoms with Gasteiger partial charge in [-0.15, -0.1) is 0 Å². The smallest absolute Gasteiger partial charge is 0.255 e. The largest absolute Gasteiger partial charge is 0.457 e. The summed E-state index contributed by atoms with van der Waals surface area (Å²) in [5.74, 6) is 5.87. The zero-order valence-corrected chi connectivity index (χ0v) is 13.9. The summed E-state index contributed by atoms with van der Waals surface area (Å²) in [5, 5.41) is 2.70. The molecular weight excluding hydrogens is 329 g/mol. The van der Waals surface area contributed by atoms with E-state index in [0.717, 1.165) is 0 Å². The minimum atomic E-state index is -0.382. The second-order valence-electron chi connectivity index (χ2n) is 5.38. The SMILES string of the molecule is O=C(NCC#Cc1ccccc1F)c1ccccc1Oc1ccccc1. The highest BCUT2D eigenvalue weighted by Crippen LogP contribution is 2.24. The fourth-order valence-corrected chi connectivity index (χ4v) is 2.28. The maximum Gasteiger partial charge on any atom is 0.255 e. The number of benzene rings is 3. The van der Waals surface area contributed by atoms with Gasteiger partial charge in [-0.05, 0) is 36.4 Å². The lowest BCUT2D eigenvalue weighted by Gasteiger charge is -2.10. The molecule has 4 heteroatoms. The number of hydrogen-bond donors (Lipinski definition) is 1. The van der Waals surface area contributed by atoms with Crippen molar-refractivity contribution in [2.45, 2.75) is 0 Å². The molecule has 0 aliphatic carbocycles. The van der Waals surface area contributed by atoms with E-state index in [0.29, 0.717) is 22.6 Å². The van der Waals surface area contributed by atoms with Gasteiger partial charge in [-0.2, -0.15) is 0 Å². The minimum Gasteiger partial charge on any atom is -0.457 e. The Morgan fingerprint density at radius 3 is 2.42 bits per heavy atom. The quantitative estimate of drug-likeness (QED) is 0.712. The molecule has 128 valence electrons. The number of carbonyl (C=O) groups is 1. The number of hydrogen-bond acceptors (Lipinski definition) is 2. The fraction of sp³-hybridized carbons (Fsp3) is 0.0455. The number of nitrogens with one attached hydrogen (secondary N) is 1. The lowest BCUT2D eigenvalue weighted by molar-refractivity contribution is 0.0956. The van der Waals surface area contributed by atoms with Crippen LogP contribution in [0.25, 0.3) is 0 Å². The van der Waals surface area contributed by atoms with Gasteiger partial charge in [0, 0.05) is 0 Å². The summed E-state index contributed by atoms with van der Waals surface area (Å²) in [7, 11) is 0. The van der Waals surface area contributed by atoms with Crippen LogP contribution in [0.1, 0.15) is 15.9 Å². The van der Waals surface area contributed by atoms with Crippen molar-refractivity contribution in [3.63, 3.8) is 0 Å². The lowest BCUT2D eigenvalue weighted by atomic mass is 10.2. The van der Waals surface area contributed by atoms with Crippen LogP contribution in [-0.4, -0.2) is 12.5 Å². The van der Waals surface area contributed by atoms with Crippen LogP contribution in [0.4, 0.5) is 4.39 Å². The van der Waals surface area contributed by atoms with E-state index in [4.69, 9.17) is 4.74 Å². The summed E-state index contributed by atoms with van der Waals surface area (Å²) in [6, 6.07) is 22.5. The Balaban J connectivity index is 1.66. The molecule has 0 heterocycles. The second kappa shape index (κ2) is 8.50. The summed E-state index contributed by atoms with van der Waals surface area (Å²) in [6.07, 6.45) is 0. The van der Waals surface area contributed by atoms with Crippen LogP contribution in [0.2, 0.25) is 0 Å². The van der Waals surface area contributed by atoms with Crippen molar-refractivity contribution < 1.29 is 13.9 Å². The maximum atomic E-state index is 13.5. The first-order valence-electron chi connectivity index (χ1n) is 8.07. The zero-order valence-electron chi connectivity index (χ0n) is 13.9. The first-order chi connectivity index (χ1) is 12.7. The van der Waals surface area contributed by atoms with Gasteiger partial charge in [0.25, 0.3) is 5.91 Å². The number of amides is 1. The first kappa shape index (κ1) is 17.2. The van der Waals surface area contributed by atoms with Gasteiger partial charge in [0.05, 0.1) is 17.7 Å². The van der Waals surface area contributed by atoms with Crippen LogP contribution in [0.3, 0.4) is 0 Å². The molecule has 0 aliphatic rings. The average Bonchev–Trinajstić information content (AvgIpc) is 2.67. The molecular formula is C22H16FNO2. The summed E-state index contributed by atoms with van der Waals surface area (Å²) < 4.78 is 19.3. The summed E-state index contributed by atoms with van der Waals surface area (Å²) in [4.78, 5) is 12.4. The molecule has 3 nitrogen and oxygen atoms in total. The molecule has 3 aromatic rings. The van der Waals surface area contributed by atoms with E-state index < -0.39 is 0 Å². The standard InChI is InChI=1S/C22H16FNO2/c23-20-14-6-4-9-17(20)10-8-16-24-22(25)19-13-5-7-15-21(19)26-18-11-2-1-3-12-18/h1-7,9,11-15H,16H2,(H,24,25). The Labute approximate surface area is 151 Å². The van der Waals surface area contributed by atoms with Crippen molar-refractivity contribution in [1.29, 1.82) is 0 Å². The molecule has 0 saturated carbocycles. The van der Waals surface area contributed by atoms with Crippen molar-refractivity contribution in [2.24, 2.45) is 0 Å². The van der Waals surface area contributed by atoms with Crippen molar-refractivity contribution in [3.8, 4) is 23.3 Å². The van der Waals surface area contributed by atoms with Crippen molar-refractivity contribution in [3.05, 3.63) is 95.8 Å². The molecule has 0 fully saturated rings. The topological polar surface area (TPSA) is 38.3 Å². The van der Waals surface area contributed by atoms with Gasteiger partial charge in [0.2, 0.25) is 0 Å². The van der Waals surface area contributed by atoms with E-state index >= 15 is 0 Å². The Kier molecular flexibility index (Phi) is 5.64. The van der Waals surface area contributed by atoms with Gasteiger partial charge in [0.1, 0.15) is 17.3 Å². The van der Waals surface area contributed by atoms with Crippen molar-refractivity contribution in [2.75, 3.05) is 6.54 Å². The van der Waals surface area contributed by atoms with Crippen molar-refractivity contribution in [1.82, 2.24) is 5.32 Å². The minimum absolute atomic E-state index is 0.104. The Bertz CT molecular complexity index is 958. The Morgan fingerprint density at radius 2 is 1.62 bits per heavy atom. The maximum absolute atomic E-state index is 13.5. The van der Waals surface area contributed by atoms with Gasteiger partial charge in [-0.25, -0.2) is 4.39 Å². The van der Waals surface area contributed by atoms with E-state index in [9.17, 15) is 9.18 Å². The van der Waals surface area contributed by atoms with E-state index in [-0.39, 0.29) is 18.3 Å². The number of ether oxygens (including phenoxy) is 1. The number of rotatable bonds is 4.